The van der Waals surface area contributed by atoms with Crippen molar-refractivity contribution in [1.82, 2.24) is 4.72 Å². The molecule has 0 atom stereocenters. The van der Waals surface area contributed by atoms with Crippen LogP contribution in [0, 0.1) is 11.7 Å². The van der Waals surface area contributed by atoms with Crippen LogP contribution in [0.25, 0.3) is 0 Å². The summed E-state index contributed by atoms with van der Waals surface area (Å²) in [5, 5.41) is 0. The van der Waals surface area contributed by atoms with Gasteiger partial charge in [0.05, 0.1) is 5.69 Å². The molecule has 0 spiro atoms. The minimum absolute atomic E-state index is 0.0651. The second-order valence-electron chi connectivity index (χ2n) is 4.68. The first-order valence-corrected chi connectivity index (χ1v) is 7.52. The summed E-state index contributed by atoms with van der Waals surface area (Å²) < 4.78 is 39.6. The van der Waals surface area contributed by atoms with Crippen molar-refractivity contribution in [3.8, 4) is 0 Å². The van der Waals surface area contributed by atoms with E-state index in [4.69, 9.17) is 5.73 Å². The summed E-state index contributed by atoms with van der Waals surface area (Å²) in [4.78, 5) is -0.180. The third-order valence-electron chi connectivity index (χ3n) is 3.30. The third kappa shape index (κ3) is 3.00. The number of sulfonamides is 1. The van der Waals surface area contributed by atoms with Crippen LogP contribution in [-0.2, 0) is 10.0 Å². The van der Waals surface area contributed by atoms with E-state index in [1.165, 1.54) is 6.07 Å². The second kappa shape index (κ2) is 5.24. The lowest BCUT2D eigenvalue weighted by atomic mass is 10.1. The summed E-state index contributed by atoms with van der Waals surface area (Å²) in [6, 6.07) is 3.36. The summed E-state index contributed by atoms with van der Waals surface area (Å²) in [7, 11) is -3.72. The zero-order valence-electron chi connectivity index (χ0n) is 10.0. The fourth-order valence-corrected chi connectivity index (χ4v) is 3.52. The molecule has 1 aromatic rings. The number of rotatable bonds is 4. The molecular weight excluding hydrogens is 255 g/mol. The highest BCUT2D eigenvalue weighted by molar-refractivity contribution is 7.89. The highest BCUT2D eigenvalue weighted by atomic mass is 32.2. The maximum absolute atomic E-state index is 13.1. The van der Waals surface area contributed by atoms with Gasteiger partial charge in [-0.15, -0.1) is 0 Å². The number of anilines is 1. The minimum atomic E-state index is -3.72. The van der Waals surface area contributed by atoms with Crippen LogP contribution in [0.1, 0.15) is 25.7 Å². The molecule has 100 valence electrons. The average Bonchev–Trinajstić information content (AvgIpc) is 2.83. The minimum Gasteiger partial charge on any atom is -0.398 e. The second-order valence-corrected chi connectivity index (χ2v) is 6.42. The molecule has 0 heterocycles. The van der Waals surface area contributed by atoms with Crippen molar-refractivity contribution in [2.75, 3.05) is 12.3 Å². The maximum Gasteiger partial charge on any atom is 0.242 e. The van der Waals surface area contributed by atoms with Crippen LogP contribution in [0.4, 0.5) is 10.1 Å². The number of halogens is 1. The van der Waals surface area contributed by atoms with Gasteiger partial charge in [-0.05, 0) is 37.0 Å². The SMILES string of the molecule is Nc1ccc(F)cc1S(=O)(=O)NCC1CCCC1. The molecule has 1 aromatic carbocycles. The van der Waals surface area contributed by atoms with Gasteiger partial charge in [-0.3, -0.25) is 0 Å². The Labute approximate surface area is 106 Å². The molecule has 0 bridgehead atoms. The zero-order valence-corrected chi connectivity index (χ0v) is 10.8. The molecule has 0 aliphatic heterocycles. The smallest absolute Gasteiger partial charge is 0.242 e. The monoisotopic (exact) mass is 272 g/mol. The van der Waals surface area contributed by atoms with E-state index >= 15 is 0 Å². The van der Waals surface area contributed by atoms with E-state index < -0.39 is 15.8 Å². The fraction of sp³-hybridized carbons (Fsp3) is 0.500. The number of hydrogen-bond acceptors (Lipinski definition) is 3. The van der Waals surface area contributed by atoms with Crippen LogP contribution in [0.15, 0.2) is 23.1 Å². The molecule has 1 fully saturated rings. The average molecular weight is 272 g/mol. The molecule has 0 unspecified atom stereocenters. The number of benzene rings is 1. The van der Waals surface area contributed by atoms with Gasteiger partial charge in [0, 0.05) is 6.54 Å². The van der Waals surface area contributed by atoms with Crippen LogP contribution in [0.5, 0.6) is 0 Å². The molecule has 1 aliphatic carbocycles. The molecule has 2 rings (SSSR count). The molecular formula is C12H17FN2O2S. The highest BCUT2D eigenvalue weighted by Gasteiger charge is 2.21. The Kier molecular flexibility index (Phi) is 3.87. The van der Waals surface area contributed by atoms with Crippen LogP contribution in [0.2, 0.25) is 0 Å². The predicted octanol–water partition coefficient (Wildman–Crippen LogP) is 1.88. The number of hydrogen-bond donors (Lipinski definition) is 2. The van der Waals surface area contributed by atoms with Crippen molar-refractivity contribution in [2.45, 2.75) is 30.6 Å². The normalized spacial score (nSPS) is 17.2. The van der Waals surface area contributed by atoms with E-state index in [-0.39, 0.29) is 10.6 Å². The fourth-order valence-electron chi connectivity index (χ4n) is 2.26. The highest BCUT2D eigenvalue weighted by Crippen LogP contribution is 2.25. The van der Waals surface area contributed by atoms with E-state index in [2.05, 4.69) is 4.72 Å². The molecule has 1 aliphatic rings. The topological polar surface area (TPSA) is 72.2 Å². The van der Waals surface area contributed by atoms with Gasteiger partial charge in [0.25, 0.3) is 0 Å². The van der Waals surface area contributed by atoms with E-state index in [1.54, 1.807) is 0 Å². The van der Waals surface area contributed by atoms with Gasteiger partial charge < -0.3 is 5.73 Å². The lowest BCUT2D eigenvalue weighted by Crippen LogP contribution is -2.29. The van der Waals surface area contributed by atoms with E-state index in [9.17, 15) is 12.8 Å². The molecule has 0 radical (unpaired) electrons. The van der Waals surface area contributed by atoms with Gasteiger partial charge in [0.15, 0.2) is 0 Å². The van der Waals surface area contributed by atoms with Gasteiger partial charge >= 0.3 is 0 Å². The third-order valence-corrected chi connectivity index (χ3v) is 4.78. The first-order valence-electron chi connectivity index (χ1n) is 6.04. The maximum atomic E-state index is 13.1. The van der Waals surface area contributed by atoms with Crippen LogP contribution in [-0.4, -0.2) is 15.0 Å². The lowest BCUT2D eigenvalue weighted by molar-refractivity contribution is 0.519. The molecule has 3 N–H and O–H groups in total. The largest absolute Gasteiger partial charge is 0.398 e. The molecule has 4 nitrogen and oxygen atoms in total. The van der Waals surface area contributed by atoms with Crippen molar-refractivity contribution in [1.29, 1.82) is 0 Å². The molecule has 1 saturated carbocycles. The summed E-state index contributed by atoms with van der Waals surface area (Å²) in [5.74, 6) is -0.222. The quantitative estimate of drug-likeness (QED) is 0.822. The van der Waals surface area contributed by atoms with Crippen molar-refractivity contribution in [3.63, 3.8) is 0 Å². The van der Waals surface area contributed by atoms with Gasteiger partial charge in [-0.2, -0.15) is 0 Å². The Morgan fingerprint density at radius 2 is 2.00 bits per heavy atom. The van der Waals surface area contributed by atoms with Crippen LogP contribution < -0.4 is 10.5 Å². The van der Waals surface area contributed by atoms with Crippen molar-refractivity contribution in [2.24, 2.45) is 5.92 Å². The summed E-state index contributed by atoms with van der Waals surface area (Å²) in [5.41, 5.74) is 5.64. The number of nitrogens with one attached hydrogen (secondary N) is 1. The molecule has 0 amide bonds. The van der Waals surface area contributed by atoms with E-state index in [0.717, 1.165) is 37.8 Å². The summed E-state index contributed by atoms with van der Waals surface area (Å²) >= 11 is 0. The first kappa shape index (κ1) is 13.3. The van der Waals surface area contributed by atoms with Crippen molar-refractivity contribution in [3.05, 3.63) is 24.0 Å². The van der Waals surface area contributed by atoms with Crippen LogP contribution in [0.3, 0.4) is 0 Å². The first-order chi connectivity index (χ1) is 8.49. The molecule has 0 aromatic heterocycles. The van der Waals surface area contributed by atoms with Gasteiger partial charge in [-0.1, -0.05) is 12.8 Å². The molecule has 0 saturated heterocycles. The Bertz CT molecular complexity index is 525. The Balaban J connectivity index is 2.12. The van der Waals surface area contributed by atoms with Crippen LogP contribution >= 0.6 is 0 Å². The van der Waals surface area contributed by atoms with Gasteiger partial charge in [0.1, 0.15) is 10.7 Å². The summed E-state index contributed by atoms with van der Waals surface area (Å²) in [6.07, 6.45) is 4.38. The summed E-state index contributed by atoms with van der Waals surface area (Å²) in [6.45, 7) is 0.401. The number of nitrogen functional groups attached to an aromatic ring is 1. The number of nitrogens with two attached hydrogens (primary N) is 1. The Morgan fingerprint density at radius 3 is 2.67 bits per heavy atom. The predicted molar refractivity (Wildman–Crippen MR) is 68.0 cm³/mol. The van der Waals surface area contributed by atoms with E-state index in [0.29, 0.717) is 12.5 Å². The van der Waals surface area contributed by atoms with Crippen molar-refractivity contribution >= 4 is 15.7 Å². The Hall–Kier alpha value is -1.14. The van der Waals surface area contributed by atoms with Gasteiger partial charge in [0.2, 0.25) is 10.0 Å². The van der Waals surface area contributed by atoms with Gasteiger partial charge in [-0.25, -0.2) is 17.5 Å². The standard InChI is InChI=1S/C12H17FN2O2S/c13-10-5-6-11(14)12(7-10)18(16,17)15-8-9-3-1-2-4-9/h5-7,9,15H,1-4,8,14H2. The van der Waals surface area contributed by atoms with E-state index in [1.807, 2.05) is 0 Å². The molecule has 18 heavy (non-hydrogen) atoms. The Morgan fingerprint density at radius 1 is 1.33 bits per heavy atom. The zero-order chi connectivity index (χ0) is 13.2. The molecule has 6 heteroatoms. The van der Waals surface area contributed by atoms with Crippen molar-refractivity contribution < 1.29 is 12.8 Å². The lowest BCUT2D eigenvalue weighted by Gasteiger charge is -2.12.